The van der Waals surface area contributed by atoms with E-state index in [1.807, 2.05) is 30.3 Å². The monoisotopic (exact) mass is 200 g/mol. The van der Waals surface area contributed by atoms with Crippen molar-refractivity contribution in [1.29, 1.82) is 0 Å². The summed E-state index contributed by atoms with van der Waals surface area (Å²) in [6.45, 7) is 0. The first-order valence-electron chi connectivity index (χ1n) is 3.30. The number of rotatable bonds is 2. The van der Waals surface area contributed by atoms with Crippen LogP contribution >= 0.6 is 21.6 Å². The lowest BCUT2D eigenvalue weighted by molar-refractivity contribution is 0.200. The van der Waals surface area contributed by atoms with Gasteiger partial charge in [-0.3, -0.25) is 0 Å². The third-order valence-electron chi connectivity index (χ3n) is 1.12. The maximum atomic E-state index is 10.7. The molecule has 0 radical (unpaired) electrons. The summed E-state index contributed by atoms with van der Waals surface area (Å²) >= 11 is 0. The largest absolute Gasteiger partial charge is 0.460 e. The van der Waals surface area contributed by atoms with Gasteiger partial charge in [-0.25, -0.2) is 4.79 Å². The summed E-state index contributed by atoms with van der Waals surface area (Å²) in [7, 11) is 3.86. The van der Waals surface area contributed by atoms with Crippen molar-refractivity contribution >= 4 is 26.9 Å². The van der Waals surface area contributed by atoms with E-state index in [1.165, 1.54) is 17.9 Å². The maximum Gasteiger partial charge on any atom is 0.378 e. The van der Waals surface area contributed by atoms with Gasteiger partial charge in [-0.05, 0) is 22.9 Å². The summed E-state index contributed by atoms with van der Waals surface area (Å²) in [5.41, 5.74) is 0. The molecule has 0 heterocycles. The van der Waals surface area contributed by atoms with Crippen molar-refractivity contribution < 1.29 is 9.53 Å². The quantitative estimate of drug-likeness (QED) is 0.541. The highest BCUT2D eigenvalue weighted by molar-refractivity contribution is 8.82. The molecule has 0 aliphatic rings. The standard InChI is InChI=1S/C8H8O2S2/c1-10-8(9)12-11-7-5-3-2-4-6-7/h2-6H,1H3. The molecule has 12 heavy (non-hydrogen) atoms. The van der Waals surface area contributed by atoms with Crippen LogP contribution in [0.4, 0.5) is 4.79 Å². The van der Waals surface area contributed by atoms with E-state index in [4.69, 9.17) is 0 Å². The Labute approximate surface area is 79.1 Å². The predicted octanol–water partition coefficient (Wildman–Crippen LogP) is 3.19. The fourth-order valence-electron chi connectivity index (χ4n) is 0.592. The zero-order chi connectivity index (χ0) is 8.81. The molecule has 4 heteroatoms. The normalized spacial score (nSPS) is 9.42. The van der Waals surface area contributed by atoms with Crippen molar-refractivity contribution in [2.75, 3.05) is 7.11 Å². The lowest BCUT2D eigenvalue weighted by atomic mass is 10.4. The van der Waals surface area contributed by atoms with Crippen molar-refractivity contribution in [2.45, 2.75) is 4.90 Å². The van der Waals surface area contributed by atoms with E-state index in [2.05, 4.69) is 4.74 Å². The van der Waals surface area contributed by atoms with Crippen LogP contribution in [0.2, 0.25) is 0 Å². The van der Waals surface area contributed by atoms with Crippen molar-refractivity contribution in [1.82, 2.24) is 0 Å². The first-order valence-corrected chi connectivity index (χ1v) is 5.45. The first-order chi connectivity index (χ1) is 5.83. The summed E-state index contributed by atoms with van der Waals surface area (Å²) in [5, 5.41) is -0.274. The highest BCUT2D eigenvalue weighted by Crippen LogP contribution is 2.31. The summed E-state index contributed by atoms with van der Waals surface area (Å²) in [6, 6.07) is 9.69. The van der Waals surface area contributed by atoms with E-state index in [1.54, 1.807) is 0 Å². The number of carbonyl (C=O) groups is 1. The predicted molar refractivity (Wildman–Crippen MR) is 52.3 cm³/mol. The van der Waals surface area contributed by atoms with E-state index in [0.717, 1.165) is 15.7 Å². The van der Waals surface area contributed by atoms with Gasteiger partial charge in [0.05, 0.1) is 7.11 Å². The topological polar surface area (TPSA) is 26.3 Å². The molecule has 0 saturated carbocycles. The Morgan fingerprint density at radius 2 is 2.00 bits per heavy atom. The van der Waals surface area contributed by atoms with Crippen LogP contribution in [-0.4, -0.2) is 12.4 Å². The molecule has 0 unspecified atom stereocenters. The van der Waals surface area contributed by atoms with Crippen molar-refractivity contribution in [3.63, 3.8) is 0 Å². The molecule has 0 amide bonds. The molecule has 64 valence electrons. The highest BCUT2D eigenvalue weighted by atomic mass is 33.1. The van der Waals surface area contributed by atoms with E-state index in [0.29, 0.717) is 0 Å². The second-order valence-electron chi connectivity index (χ2n) is 1.93. The average molecular weight is 200 g/mol. The lowest BCUT2D eigenvalue weighted by Crippen LogP contribution is -1.86. The van der Waals surface area contributed by atoms with E-state index in [9.17, 15) is 4.79 Å². The number of hydrogen-bond donors (Lipinski definition) is 0. The molecule has 1 aromatic carbocycles. The Morgan fingerprint density at radius 1 is 1.33 bits per heavy atom. The fourth-order valence-corrected chi connectivity index (χ4v) is 2.12. The molecular formula is C8H8O2S2. The highest BCUT2D eigenvalue weighted by Gasteiger charge is 2.01. The van der Waals surface area contributed by atoms with Gasteiger partial charge in [0.25, 0.3) is 0 Å². The molecule has 1 rings (SSSR count). The van der Waals surface area contributed by atoms with E-state index >= 15 is 0 Å². The molecule has 0 N–H and O–H groups in total. The second-order valence-corrected chi connectivity index (χ2v) is 4.07. The number of ether oxygens (including phenoxy) is 1. The molecular weight excluding hydrogens is 192 g/mol. The Balaban J connectivity index is 2.38. The number of carbonyl (C=O) groups excluding carboxylic acids is 1. The zero-order valence-corrected chi connectivity index (χ0v) is 8.15. The molecule has 0 aromatic heterocycles. The van der Waals surface area contributed by atoms with Crippen LogP contribution in [0.15, 0.2) is 35.2 Å². The van der Waals surface area contributed by atoms with Crippen LogP contribution < -0.4 is 0 Å². The molecule has 0 bridgehead atoms. The minimum absolute atomic E-state index is 0.274. The molecule has 0 saturated heterocycles. The minimum Gasteiger partial charge on any atom is -0.460 e. The molecule has 2 nitrogen and oxygen atoms in total. The molecule has 0 aliphatic heterocycles. The number of hydrogen-bond acceptors (Lipinski definition) is 4. The van der Waals surface area contributed by atoms with Crippen LogP contribution in [-0.2, 0) is 4.74 Å². The van der Waals surface area contributed by atoms with Gasteiger partial charge in [0, 0.05) is 15.7 Å². The third kappa shape index (κ3) is 3.19. The zero-order valence-electron chi connectivity index (χ0n) is 6.52. The Kier molecular flexibility index (Phi) is 4.04. The van der Waals surface area contributed by atoms with Crippen LogP contribution in [0.1, 0.15) is 0 Å². The van der Waals surface area contributed by atoms with Gasteiger partial charge in [0.1, 0.15) is 0 Å². The Bertz CT molecular complexity index is 248. The summed E-state index contributed by atoms with van der Waals surface area (Å²) in [6.07, 6.45) is 0. The minimum atomic E-state index is -0.274. The SMILES string of the molecule is COC(=O)SSc1ccccc1. The van der Waals surface area contributed by atoms with Crippen LogP contribution in [0, 0.1) is 0 Å². The van der Waals surface area contributed by atoms with Gasteiger partial charge in [0.2, 0.25) is 0 Å². The van der Waals surface area contributed by atoms with Crippen molar-refractivity contribution in [3.8, 4) is 0 Å². The third-order valence-corrected chi connectivity index (χ3v) is 3.20. The molecule has 0 aliphatic carbocycles. The van der Waals surface area contributed by atoms with E-state index in [-0.39, 0.29) is 5.30 Å². The summed E-state index contributed by atoms with van der Waals surface area (Å²) < 4.78 is 4.48. The van der Waals surface area contributed by atoms with Gasteiger partial charge >= 0.3 is 5.30 Å². The van der Waals surface area contributed by atoms with Gasteiger partial charge in [-0.1, -0.05) is 18.2 Å². The molecule has 0 spiro atoms. The van der Waals surface area contributed by atoms with Gasteiger partial charge in [0.15, 0.2) is 0 Å². The van der Waals surface area contributed by atoms with Crippen LogP contribution in [0.5, 0.6) is 0 Å². The lowest BCUT2D eigenvalue weighted by Gasteiger charge is -1.97. The smallest absolute Gasteiger partial charge is 0.378 e. The van der Waals surface area contributed by atoms with Gasteiger partial charge < -0.3 is 4.74 Å². The maximum absolute atomic E-state index is 10.7. The molecule has 0 fully saturated rings. The summed E-state index contributed by atoms with van der Waals surface area (Å²) in [5.74, 6) is 0. The second kappa shape index (κ2) is 5.11. The fraction of sp³-hybridized carbons (Fsp3) is 0.125. The molecule has 0 atom stereocenters. The number of methoxy groups -OCH3 is 1. The van der Waals surface area contributed by atoms with Crippen molar-refractivity contribution in [3.05, 3.63) is 30.3 Å². The Hall–Kier alpha value is -0.610. The summed E-state index contributed by atoms with van der Waals surface area (Å²) in [4.78, 5) is 11.8. The molecule has 1 aromatic rings. The van der Waals surface area contributed by atoms with Crippen LogP contribution in [0.3, 0.4) is 0 Å². The van der Waals surface area contributed by atoms with E-state index < -0.39 is 0 Å². The van der Waals surface area contributed by atoms with Crippen LogP contribution in [0.25, 0.3) is 0 Å². The number of benzene rings is 1. The first kappa shape index (κ1) is 9.48. The van der Waals surface area contributed by atoms with Crippen molar-refractivity contribution in [2.24, 2.45) is 0 Å². The van der Waals surface area contributed by atoms with Gasteiger partial charge in [-0.2, -0.15) is 0 Å². The van der Waals surface area contributed by atoms with Gasteiger partial charge in [-0.15, -0.1) is 0 Å². The Morgan fingerprint density at radius 3 is 2.58 bits per heavy atom. The average Bonchev–Trinajstić information content (AvgIpc) is 2.16.